The van der Waals surface area contributed by atoms with E-state index in [-0.39, 0.29) is 12.0 Å². The molecule has 11 heavy (non-hydrogen) atoms. The van der Waals surface area contributed by atoms with Gasteiger partial charge in [0.2, 0.25) is 0 Å². The highest BCUT2D eigenvalue weighted by Gasteiger charge is 2.38. The number of ether oxygens (including phenoxy) is 1. The molecule has 3 atom stereocenters. The van der Waals surface area contributed by atoms with Crippen molar-refractivity contribution in [2.45, 2.75) is 25.8 Å². The molecule has 3 heteroatoms. The van der Waals surface area contributed by atoms with Gasteiger partial charge in [-0.2, -0.15) is 0 Å². The minimum atomic E-state index is -0.198. The molecule has 0 bridgehead atoms. The van der Waals surface area contributed by atoms with E-state index in [2.05, 4.69) is 11.7 Å². The largest absolute Gasteiger partial charge is 0.469 e. The van der Waals surface area contributed by atoms with Crippen molar-refractivity contribution in [1.29, 1.82) is 0 Å². The Morgan fingerprint density at radius 2 is 2.36 bits per heavy atom. The van der Waals surface area contributed by atoms with Gasteiger partial charge in [0.05, 0.1) is 13.5 Å². The molecule has 64 valence electrons. The number of carbonyl (C=O) groups is 1. The molecule has 1 aliphatic carbocycles. The standard InChI is InChI=1S/C8H15NO2/c1-5-3-6(5)7(9)4-8(10)11-2/h5-7H,3-4,9H2,1-2H3. The fourth-order valence-electron chi connectivity index (χ4n) is 1.37. The normalized spacial score (nSPS) is 31.2. The molecular weight excluding hydrogens is 142 g/mol. The Morgan fingerprint density at radius 1 is 1.82 bits per heavy atom. The van der Waals surface area contributed by atoms with E-state index >= 15 is 0 Å². The number of esters is 1. The molecule has 0 radical (unpaired) electrons. The third kappa shape index (κ3) is 2.19. The fraction of sp³-hybridized carbons (Fsp3) is 0.875. The highest BCUT2D eigenvalue weighted by atomic mass is 16.5. The first-order valence-corrected chi connectivity index (χ1v) is 3.97. The summed E-state index contributed by atoms with van der Waals surface area (Å²) in [5, 5.41) is 0. The zero-order valence-electron chi connectivity index (χ0n) is 7.04. The Bertz CT molecular complexity index is 158. The van der Waals surface area contributed by atoms with Gasteiger partial charge in [-0.25, -0.2) is 0 Å². The molecule has 0 spiro atoms. The Balaban J connectivity index is 2.21. The summed E-state index contributed by atoms with van der Waals surface area (Å²) in [4.78, 5) is 10.8. The average molecular weight is 157 g/mol. The highest BCUT2D eigenvalue weighted by molar-refractivity contribution is 5.70. The Labute approximate surface area is 66.9 Å². The molecule has 0 heterocycles. The van der Waals surface area contributed by atoms with Gasteiger partial charge in [-0.15, -0.1) is 0 Å². The third-order valence-electron chi connectivity index (χ3n) is 2.35. The van der Waals surface area contributed by atoms with Gasteiger partial charge in [0.1, 0.15) is 0 Å². The second-order valence-corrected chi connectivity index (χ2v) is 3.32. The van der Waals surface area contributed by atoms with Crippen LogP contribution in [0.25, 0.3) is 0 Å². The van der Waals surface area contributed by atoms with Crippen molar-refractivity contribution in [2.75, 3.05) is 7.11 Å². The van der Waals surface area contributed by atoms with Crippen LogP contribution in [0, 0.1) is 11.8 Å². The summed E-state index contributed by atoms with van der Waals surface area (Å²) in [6.45, 7) is 2.15. The zero-order valence-corrected chi connectivity index (χ0v) is 7.04. The number of rotatable bonds is 3. The fourth-order valence-corrected chi connectivity index (χ4v) is 1.37. The van der Waals surface area contributed by atoms with E-state index in [1.54, 1.807) is 0 Å². The summed E-state index contributed by atoms with van der Waals surface area (Å²) in [6, 6.07) is 0.0115. The van der Waals surface area contributed by atoms with Crippen LogP contribution in [-0.4, -0.2) is 19.1 Å². The molecule has 3 unspecified atom stereocenters. The van der Waals surface area contributed by atoms with E-state index < -0.39 is 0 Å². The molecule has 1 saturated carbocycles. The van der Waals surface area contributed by atoms with Crippen molar-refractivity contribution < 1.29 is 9.53 Å². The lowest BCUT2D eigenvalue weighted by molar-refractivity contribution is -0.141. The maximum absolute atomic E-state index is 10.8. The lowest BCUT2D eigenvalue weighted by atomic mass is 10.1. The van der Waals surface area contributed by atoms with Crippen LogP contribution in [-0.2, 0) is 9.53 Å². The van der Waals surface area contributed by atoms with Gasteiger partial charge in [0.15, 0.2) is 0 Å². The van der Waals surface area contributed by atoms with Crippen LogP contribution in [0.1, 0.15) is 19.8 Å². The van der Waals surface area contributed by atoms with E-state index in [4.69, 9.17) is 5.73 Å². The molecule has 1 rings (SSSR count). The predicted octanol–water partition coefficient (Wildman–Crippen LogP) is 0.533. The molecule has 0 aromatic carbocycles. The van der Waals surface area contributed by atoms with Gasteiger partial charge < -0.3 is 10.5 Å². The number of hydrogen-bond donors (Lipinski definition) is 1. The molecule has 3 nitrogen and oxygen atoms in total. The monoisotopic (exact) mass is 157 g/mol. The van der Waals surface area contributed by atoms with Crippen molar-refractivity contribution in [3.05, 3.63) is 0 Å². The average Bonchev–Trinajstić information content (AvgIpc) is 2.66. The quantitative estimate of drug-likeness (QED) is 0.608. The van der Waals surface area contributed by atoms with Crippen LogP contribution in [0.5, 0.6) is 0 Å². The molecule has 1 fully saturated rings. The second-order valence-electron chi connectivity index (χ2n) is 3.32. The van der Waals surface area contributed by atoms with Gasteiger partial charge in [-0.1, -0.05) is 6.92 Å². The summed E-state index contributed by atoms with van der Waals surface area (Å²) in [7, 11) is 1.39. The molecular formula is C8H15NO2. The van der Waals surface area contributed by atoms with Gasteiger partial charge in [0, 0.05) is 6.04 Å². The van der Waals surface area contributed by atoms with Crippen molar-refractivity contribution in [3.63, 3.8) is 0 Å². The second kappa shape index (κ2) is 3.22. The van der Waals surface area contributed by atoms with Gasteiger partial charge in [-0.05, 0) is 18.3 Å². The number of nitrogens with two attached hydrogens (primary N) is 1. The molecule has 0 aromatic heterocycles. The van der Waals surface area contributed by atoms with E-state index in [1.807, 2.05) is 0 Å². The maximum Gasteiger partial charge on any atom is 0.307 e. The van der Waals surface area contributed by atoms with E-state index in [0.29, 0.717) is 18.3 Å². The van der Waals surface area contributed by atoms with Crippen molar-refractivity contribution in [3.8, 4) is 0 Å². The van der Waals surface area contributed by atoms with Crippen LogP contribution in [0.4, 0.5) is 0 Å². The summed E-state index contributed by atoms with van der Waals surface area (Å²) in [6.07, 6.45) is 1.53. The van der Waals surface area contributed by atoms with Crippen LogP contribution >= 0.6 is 0 Å². The van der Waals surface area contributed by atoms with Gasteiger partial charge in [0.25, 0.3) is 0 Å². The highest BCUT2D eigenvalue weighted by Crippen LogP contribution is 2.40. The first-order valence-electron chi connectivity index (χ1n) is 3.97. The first-order chi connectivity index (χ1) is 5.15. The third-order valence-corrected chi connectivity index (χ3v) is 2.35. The van der Waals surface area contributed by atoms with E-state index in [9.17, 15) is 4.79 Å². The molecule has 0 amide bonds. The lowest BCUT2D eigenvalue weighted by Crippen LogP contribution is -2.27. The zero-order chi connectivity index (χ0) is 8.43. The maximum atomic E-state index is 10.8. The van der Waals surface area contributed by atoms with Gasteiger partial charge >= 0.3 is 5.97 Å². The first kappa shape index (κ1) is 8.53. The molecule has 1 aliphatic rings. The smallest absolute Gasteiger partial charge is 0.307 e. The predicted molar refractivity (Wildman–Crippen MR) is 41.9 cm³/mol. The SMILES string of the molecule is COC(=O)CC(N)C1CC1C. The van der Waals surface area contributed by atoms with Crippen molar-refractivity contribution in [1.82, 2.24) is 0 Å². The molecule has 0 saturated heterocycles. The van der Waals surface area contributed by atoms with Crippen LogP contribution in [0.2, 0.25) is 0 Å². The van der Waals surface area contributed by atoms with Crippen molar-refractivity contribution in [2.24, 2.45) is 17.6 Å². The molecule has 0 aromatic rings. The summed E-state index contributed by atoms with van der Waals surface area (Å²) in [5.41, 5.74) is 5.75. The number of hydrogen-bond acceptors (Lipinski definition) is 3. The number of carbonyl (C=O) groups excluding carboxylic acids is 1. The topological polar surface area (TPSA) is 52.3 Å². The van der Waals surface area contributed by atoms with Crippen LogP contribution in [0.15, 0.2) is 0 Å². The summed E-state index contributed by atoms with van der Waals surface area (Å²) in [5.74, 6) is 1.06. The molecule has 0 aliphatic heterocycles. The minimum absolute atomic E-state index is 0.0115. The summed E-state index contributed by atoms with van der Waals surface area (Å²) >= 11 is 0. The lowest BCUT2D eigenvalue weighted by Gasteiger charge is -2.07. The summed E-state index contributed by atoms with van der Waals surface area (Å²) < 4.78 is 4.52. The minimum Gasteiger partial charge on any atom is -0.469 e. The number of methoxy groups -OCH3 is 1. The Hall–Kier alpha value is -0.570. The van der Waals surface area contributed by atoms with Crippen LogP contribution < -0.4 is 5.73 Å². The van der Waals surface area contributed by atoms with E-state index in [1.165, 1.54) is 7.11 Å². The van der Waals surface area contributed by atoms with Crippen molar-refractivity contribution >= 4 is 5.97 Å². The van der Waals surface area contributed by atoms with E-state index in [0.717, 1.165) is 6.42 Å². The van der Waals surface area contributed by atoms with Gasteiger partial charge in [-0.3, -0.25) is 4.79 Å². The molecule has 2 N–H and O–H groups in total. The van der Waals surface area contributed by atoms with Crippen LogP contribution in [0.3, 0.4) is 0 Å². The Morgan fingerprint density at radius 3 is 2.73 bits per heavy atom. The Kier molecular flexibility index (Phi) is 2.49.